The summed E-state index contributed by atoms with van der Waals surface area (Å²) >= 11 is 1.64. The maximum absolute atomic E-state index is 12.1. The Balaban J connectivity index is 1.96. The van der Waals surface area contributed by atoms with Gasteiger partial charge in [0.15, 0.2) is 0 Å². The third-order valence-corrected chi connectivity index (χ3v) is 3.88. The van der Waals surface area contributed by atoms with Crippen LogP contribution >= 0.6 is 11.3 Å². The van der Waals surface area contributed by atoms with Crippen molar-refractivity contribution in [3.05, 3.63) is 39.8 Å². The smallest absolute Gasteiger partial charge is 0.251 e. The van der Waals surface area contributed by atoms with Crippen LogP contribution in [-0.4, -0.2) is 31.7 Å². The van der Waals surface area contributed by atoms with Crippen molar-refractivity contribution in [2.45, 2.75) is 13.3 Å². The van der Waals surface area contributed by atoms with Gasteiger partial charge in [0.25, 0.3) is 5.91 Å². The number of thiazole rings is 1. The zero-order chi connectivity index (χ0) is 15.2. The molecule has 0 aliphatic carbocycles. The molecule has 0 bridgehead atoms. The summed E-state index contributed by atoms with van der Waals surface area (Å²) in [7, 11) is 3.11. The number of carbonyl (C=O) groups is 1. The van der Waals surface area contributed by atoms with Gasteiger partial charge in [-0.15, -0.1) is 11.3 Å². The second kappa shape index (κ2) is 7.08. The summed E-state index contributed by atoms with van der Waals surface area (Å²) in [6.07, 6.45) is 2.57. The summed E-state index contributed by atoms with van der Waals surface area (Å²) in [6.45, 7) is 2.56. The minimum Gasteiger partial charge on any atom is -0.497 e. The standard InChI is InChI=1S/C15H18N2O3S/c1-10-9-17-14(21-10)4-5-16-15(18)11-6-12(19-2)8-13(7-11)20-3/h6-9H,4-5H2,1-3H3,(H,16,18). The van der Waals surface area contributed by atoms with Crippen molar-refractivity contribution < 1.29 is 14.3 Å². The van der Waals surface area contributed by atoms with Crippen LogP contribution in [-0.2, 0) is 6.42 Å². The van der Waals surface area contributed by atoms with Crippen molar-refractivity contribution in [3.8, 4) is 11.5 Å². The van der Waals surface area contributed by atoms with E-state index in [1.54, 1.807) is 43.8 Å². The first-order valence-electron chi connectivity index (χ1n) is 6.55. The minimum atomic E-state index is -0.152. The Morgan fingerprint density at radius 3 is 2.43 bits per heavy atom. The predicted molar refractivity (Wildman–Crippen MR) is 82.4 cm³/mol. The van der Waals surface area contributed by atoms with Crippen LogP contribution in [0.5, 0.6) is 11.5 Å². The van der Waals surface area contributed by atoms with E-state index in [0.717, 1.165) is 11.4 Å². The van der Waals surface area contributed by atoms with Crippen LogP contribution in [0.3, 0.4) is 0 Å². The van der Waals surface area contributed by atoms with Gasteiger partial charge in [0.05, 0.1) is 19.2 Å². The number of nitrogens with zero attached hydrogens (tertiary/aromatic N) is 1. The molecule has 1 amide bonds. The molecule has 6 heteroatoms. The highest BCUT2D eigenvalue weighted by Gasteiger charge is 2.09. The van der Waals surface area contributed by atoms with E-state index in [0.29, 0.717) is 23.6 Å². The Labute approximate surface area is 127 Å². The molecule has 0 aliphatic heterocycles. The van der Waals surface area contributed by atoms with Crippen LogP contribution in [0.2, 0.25) is 0 Å². The fraction of sp³-hybridized carbons (Fsp3) is 0.333. The number of hydrogen-bond donors (Lipinski definition) is 1. The van der Waals surface area contributed by atoms with Gasteiger partial charge < -0.3 is 14.8 Å². The molecule has 0 saturated carbocycles. The van der Waals surface area contributed by atoms with E-state index in [1.807, 2.05) is 13.1 Å². The molecule has 1 N–H and O–H groups in total. The molecule has 0 fully saturated rings. The lowest BCUT2D eigenvalue weighted by atomic mass is 10.2. The Kier molecular flexibility index (Phi) is 5.16. The van der Waals surface area contributed by atoms with Crippen LogP contribution in [0.4, 0.5) is 0 Å². The molecule has 0 spiro atoms. The topological polar surface area (TPSA) is 60.5 Å². The van der Waals surface area contributed by atoms with Crippen molar-refractivity contribution in [2.24, 2.45) is 0 Å². The number of carbonyl (C=O) groups excluding carboxylic acids is 1. The number of hydrogen-bond acceptors (Lipinski definition) is 5. The fourth-order valence-corrected chi connectivity index (χ4v) is 2.63. The highest BCUT2D eigenvalue weighted by Crippen LogP contribution is 2.22. The second-order valence-corrected chi connectivity index (χ2v) is 5.79. The van der Waals surface area contributed by atoms with Gasteiger partial charge >= 0.3 is 0 Å². The molecule has 1 aromatic carbocycles. The summed E-state index contributed by atoms with van der Waals surface area (Å²) in [5.41, 5.74) is 0.515. The van der Waals surface area contributed by atoms with Crippen LogP contribution < -0.4 is 14.8 Å². The SMILES string of the molecule is COc1cc(OC)cc(C(=O)NCCc2ncc(C)s2)c1. The molecule has 21 heavy (non-hydrogen) atoms. The number of nitrogens with one attached hydrogen (secondary N) is 1. The minimum absolute atomic E-state index is 0.152. The monoisotopic (exact) mass is 306 g/mol. The van der Waals surface area contributed by atoms with Crippen molar-refractivity contribution in [2.75, 3.05) is 20.8 Å². The third kappa shape index (κ3) is 4.19. The summed E-state index contributed by atoms with van der Waals surface area (Å²) < 4.78 is 10.3. The summed E-state index contributed by atoms with van der Waals surface area (Å²) in [5, 5.41) is 3.90. The normalized spacial score (nSPS) is 10.2. The zero-order valence-electron chi connectivity index (χ0n) is 12.3. The number of methoxy groups -OCH3 is 2. The van der Waals surface area contributed by atoms with Gasteiger partial charge in [0, 0.05) is 35.7 Å². The van der Waals surface area contributed by atoms with Crippen molar-refractivity contribution >= 4 is 17.2 Å². The molecule has 0 aliphatic rings. The summed E-state index contributed by atoms with van der Waals surface area (Å²) in [4.78, 5) is 17.6. The van der Waals surface area contributed by atoms with Gasteiger partial charge in [0.1, 0.15) is 11.5 Å². The first-order valence-corrected chi connectivity index (χ1v) is 7.36. The lowest BCUT2D eigenvalue weighted by Gasteiger charge is -2.08. The maximum atomic E-state index is 12.1. The predicted octanol–water partition coefficient (Wildman–Crippen LogP) is 2.44. The molecular weight excluding hydrogens is 288 g/mol. The lowest BCUT2D eigenvalue weighted by Crippen LogP contribution is -2.25. The largest absolute Gasteiger partial charge is 0.497 e. The van der Waals surface area contributed by atoms with Crippen molar-refractivity contribution in [1.82, 2.24) is 10.3 Å². The number of aryl methyl sites for hydroxylation is 1. The Bertz CT molecular complexity index is 603. The molecule has 2 aromatic rings. The number of rotatable bonds is 6. The van der Waals surface area contributed by atoms with E-state index in [2.05, 4.69) is 10.3 Å². The Morgan fingerprint density at radius 1 is 1.24 bits per heavy atom. The molecule has 0 radical (unpaired) electrons. The van der Waals surface area contributed by atoms with Crippen LogP contribution in [0, 0.1) is 6.92 Å². The molecule has 0 unspecified atom stereocenters. The van der Waals surface area contributed by atoms with Gasteiger partial charge in [-0.3, -0.25) is 4.79 Å². The molecule has 0 saturated heterocycles. The Hall–Kier alpha value is -2.08. The molecular formula is C15H18N2O3S. The van der Waals surface area contributed by atoms with Crippen LogP contribution in [0.15, 0.2) is 24.4 Å². The second-order valence-electron chi connectivity index (χ2n) is 4.47. The molecule has 1 aromatic heterocycles. The first kappa shape index (κ1) is 15.3. The summed E-state index contributed by atoms with van der Waals surface area (Å²) in [6, 6.07) is 5.10. The van der Waals surface area contributed by atoms with E-state index in [-0.39, 0.29) is 5.91 Å². The van der Waals surface area contributed by atoms with Gasteiger partial charge in [0.2, 0.25) is 0 Å². The van der Waals surface area contributed by atoms with Crippen molar-refractivity contribution in [3.63, 3.8) is 0 Å². The average molecular weight is 306 g/mol. The lowest BCUT2D eigenvalue weighted by molar-refractivity contribution is 0.0953. The van der Waals surface area contributed by atoms with Crippen LogP contribution in [0.1, 0.15) is 20.2 Å². The quantitative estimate of drug-likeness (QED) is 0.890. The van der Waals surface area contributed by atoms with E-state index < -0.39 is 0 Å². The number of ether oxygens (including phenoxy) is 2. The maximum Gasteiger partial charge on any atom is 0.251 e. The molecule has 1 heterocycles. The fourth-order valence-electron chi connectivity index (χ4n) is 1.84. The van der Waals surface area contributed by atoms with Gasteiger partial charge in [-0.2, -0.15) is 0 Å². The van der Waals surface area contributed by atoms with Gasteiger partial charge in [-0.05, 0) is 19.1 Å². The zero-order valence-corrected chi connectivity index (χ0v) is 13.1. The van der Waals surface area contributed by atoms with Gasteiger partial charge in [-0.25, -0.2) is 4.98 Å². The van der Waals surface area contributed by atoms with E-state index in [1.165, 1.54) is 4.88 Å². The van der Waals surface area contributed by atoms with E-state index in [4.69, 9.17) is 9.47 Å². The molecule has 5 nitrogen and oxygen atoms in total. The highest BCUT2D eigenvalue weighted by molar-refractivity contribution is 7.11. The molecule has 0 atom stereocenters. The van der Waals surface area contributed by atoms with Crippen LogP contribution in [0.25, 0.3) is 0 Å². The van der Waals surface area contributed by atoms with E-state index in [9.17, 15) is 4.79 Å². The number of benzene rings is 1. The van der Waals surface area contributed by atoms with Crippen molar-refractivity contribution in [1.29, 1.82) is 0 Å². The van der Waals surface area contributed by atoms with E-state index >= 15 is 0 Å². The highest BCUT2D eigenvalue weighted by atomic mass is 32.1. The molecule has 112 valence electrons. The summed E-state index contributed by atoms with van der Waals surface area (Å²) in [5.74, 6) is 1.03. The molecule has 2 rings (SSSR count). The average Bonchev–Trinajstić information content (AvgIpc) is 2.92. The number of amides is 1. The van der Waals surface area contributed by atoms with Gasteiger partial charge in [-0.1, -0.05) is 0 Å². The first-order chi connectivity index (χ1) is 10.1. The number of aromatic nitrogens is 1. The Morgan fingerprint density at radius 2 is 1.90 bits per heavy atom. The third-order valence-electron chi connectivity index (χ3n) is 2.91.